The second-order valence-electron chi connectivity index (χ2n) is 5.49. The molecule has 4 heteroatoms. The minimum Gasteiger partial charge on any atom is -0.356 e. The molecule has 2 heterocycles. The van der Waals surface area contributed by atoms with Crippen LogP contribution in [-0.2, 0) is 6.42 Å². The monoisotopic (exact) mass is 281 g/mol. The molecule has 1 atom stereocenters. The number of aryl methyl sites for hydroxylation is 1. The summed E-state index contributed by atoms with van der Waals surface area (Å²) in [6, 6.07) is 0. The number of hydrogen-bond donors (Lipinski definition) is 0. The first-order valence-electron chi connectivity index (χ1n) is 7.43. The predicted octanol–water partition coefficient (Wildman–Crippen LogP) is 4.02. The molecule has 1 aromatic heterocycles. The first-order valence-corrected chi connectivity index (χ1v) is 7.81. The van der Waals surface area contributed by atoms with Gasteiger partial charge in [-0.15, -0.1) is 0 Å². The largest absolute Gasteiger partial charge is 0.356 e. The van der Waals surface area contributed by atoms with E-state index >= 15 is 0 Å². The molecule has 3 nitrogen and oxygen atoms in total. The van der Waals surface area contributed by atoms with Crippen molar-refractivity contribution in [2.24, 2.45) is 5.92 Å². The third kappa shape index (κ3) is 3.38. The van der Waals surface area contributed by atoms with E-state index in [1.165, 1.54) is 19.3 Å². The van der Waals surface area contributed by atoms with Gasteiger partial charge in [-0.3, -0.25) is 0 Å². The summed E-state index contributed by atoms with van der Waals surface area (Å²) in [6.45, 7) is 8.65. The van der Waals surface area contributed by atoms with Crippen molar-refractivity contribution >= 4 is 17.4 Å². The van der Waals surface area contributed by atoms with Crippen molar-refractivity contribution in [2.75, 3.05) is 18.0 Å². The Hall–Kier alpha value is -0.830. The van der Waals surface area contributed by atoms with Crippen LogP contribution in [0, 0.1) is 12.8 Å². The molecule has 106 valence electrons. The average molecular weight is 282 g/mol. The van der Waals surface area contributed by atoms with Gasteiger partial charge in [-0.1, -0.05) is 31.9 Å². The summed E-state index contributed by atoms with van der Waals surface area (Å²) in [5.74, 6) is 2.73. The summed E-state index contributed by atoms with van der Waals surface area (Å²) >= 11 is 6.27. The fourth-order valence-electron chi connectivity index (χ4n) is 2.75. The molecule has 0 saturated carbocycles. The van der Waals surface area contributed by atoms with Crippen LogP contribution in [0.25, 0.3) is 0 Å². The second kappa shape index (κ2) is 6.56. The lowest BCUT2D eigenvalue weighted by Crippen LogP contribution is -2.36. The normalized spacial score (nSPS) is 19.8. The number of anilines is 1. The Balaban J connectivity index is 2.26. The fourth-order valence-corrected chi connectivity index (χ4v) is 2.94. The van der Waals surface area contributed by atoms with Gasteiger partial charge in [0.25, 0.3) is 0 Å². The first-order chi connectivity index (χ1) is 9.15. The van der Waals surface area contributed by atoms with Crippen molar-refractivity contribution in [3.8, 4) is 0 Å². The third-order valence-corrected chi connectivity index (χ3v) is 4.34. The minimum absolute atomic E-state index is 0.618. The highest BCUT2D eigenvalue weighted by Gasteiger charge is 2.22. The van der Waals surface area contributed by atoms with Gasteiger partial charge in [0, 0.05) is 25.1 Å². The van der Waals surface area contributed by atoms with Crippen molar-refractivity contribution in [2.45, 2.75) is 52.9 Å². The molecule has 1 aromatic rings. The molecule has 1 aliphatic rings. The number of halogens is 1. The fraction of sp³-hybridized carbons (Fsp3) is 0.733. The maximum absolute atomic E-state index is 6.27. The van der Waals surface area contributed by atoms with Crippen LogP contribution in [0.15, 0.2) is 0 Å². The molecule has 0 amide bonds. The van der Waals surface area contributed by atoms with Crippen LogP contribution in [0.1, 0.15) is 50.9 Å². The SMILES string of the molecule is CCCc1nc(Cl)c(C)c(N2CCCC(CC)C2)n1. The maximum atomic E-state index is 6.27. The van der Waals surface area contributed by atoms with Crippen LogP contribution in [0.2, 0.25) is 5.15 Å². The highest BCUT2D eigenvalue weighted by molar-refractivity contribution is 6.30. The summed E-state index contributed by atoms with van der Waals surface area (Å²) in [4.78, 5) is 11.5. The Bertz CT molecular complexity index is 434. The van der Waals surface area contributed by atoms with E-state index in [0.29, 0.717) is 5.15 Å². The topological polar surface area (TPSA) is 29.0 Å². The minimum atomic E-state index is 0.618. The summed E-state index contributed by atoms with van der Waals surface area (Å²) in [7, 11) is 0. The van der Waals surface area contributed by atoms with E-state index in [1.807, 2.05) is 6.92 Å². The number of aromatic nitrogens is 2. The maximum Gasteiger partial charge on any atom is 0.137 e. The van der Waals surface area contributed by atoms with Gasteiger partial charge < -0.3 is 4.90 Å². The summed E-state index contributed by atoms with van der Waals surface area (Å²) in [6.07, 6.45) is 5.79. The molecule has 0 aliphatic carbocycles. The zero-order chi connectivity index (χ0) is 13.8. The Morgan fingerprint density at radius 3 is 2.79 bits per heavy atom. The lowest BCUT2D eigenvalue weighted by Gasteiger charge is -2.34. The molecule has 0 N–H and O–H groups in total. The van der Waals surface area contributed by atoms with Gasteiger partial charge in [0.15, 0.2) is 0 Å². The Kier molecular flexibility index (Phi) is 5.03. The second-order valence-corrected chi connectivity index (χ2v) is 5.85. The molecule has 19 heavy (non-hydrogen) atoms. The van der Waals surface area contributed by atoms with E-state index in [9.17, 15) is 0 Å². The quantitative estimate of drug-likeness (QED) is 0.781. The highest BCUT2D eigenvalue weighted by Crippen LogP contribution is 2.28. The third-order valence-electron chi connectivity index (χ3n) is 3.98. The van der Waals surface area contributed by atoms with Gasteiger partial charge in [0.1, 0.15) is 16.8 Å². The van der Waals surface area contributed by atoms with E-state index in [0.717, 1.165) is 49.1 Å². The van der Waals surface area contributed by atoms with Crippen LogP contribution < -0.4 is 4.90 Å². The van der Waals surface area contributed by atoms with Gasteiger partial charge in [0.2, 0.25) is 0 Å². The molecule has 0 spiro atoms. The summed E-state index contributed by atoms with van der Waals surface area (Å²) < 4.78 is 0. The lowest BCUT2D eigenvalue weighted by molar-refractivity contribution is 0.402. The predicted molar refractivity (Wildman–Crippen MR) is 81.0 cm³/mol. The molecule has 0 aromatic carbocycles. The first kappa shape index (κ1) is 14.6. The van der Waals surface area contributed by atoms with Crippen LogP contribution in [0.3, 0.4) is 0 Å². The van der Waals surface area contributed by atoms with Gasteiger partial charge in [0.05, 0.1) is 0 Å². The Morgan fingerprint density at radius 2 is 2.11 bits per heavy atom. The molecule has 0 radical (unpaired) electrons. The Morgan fingerprint density at radius 1 is 1.32 bits per heavy atom. The van der Waals surface area contributed by atoms with Gasteiger partial charge in [-0.25, -0.2) is 9.97 Å². The van der Waals surface area contributed by atoms with E-state index in [1.54, 1.807) is 0 Å². The van der Waals surface area contributed by atoms with E-state index < -0.39 is 0 Å². The lowest BCUT2D eigenvalue weighted by atomic mass is 9.95. The average Bonchev–Trinajstić information content (AvgIpc) is 2.43. The van der Waals surface area contributed by atoms with Crippen LogP contribution in [0.5, 0.6) is 0 Å². The van der Waals surface area contributed by atoms with Gasteiger partial charge in [-0.05, 0) is 32.1 Å². The molecule has 1 fully saturated rings. The summed E-state index contributed by atoms with van der Waals surface area (Å²) in [5.41, 5.74) is 1.03. The smallest absolute Gasteiger partial charge is 0.137 e. The zero-order valence-corrected chi connectivity index (χ0v) is 13.0. The van der Waals surface area contributed by atoms with Crippen molar-refractivity contribution in [1.29, 1.82) is 0 Å². The van der Waals surface area contributed by atoms with E-state index in [-0.39, 0.29) is 0 Å². The van der Waals surface area contributed by atoms with Gasteiger partial charge >= 0.3 is 0 Å². The van der Waals surface area contributed by atoms with Crippen molar-refractivity contribution in [3.63, 3.8) is 0 Å². The molecule has 1 unspecified atom stereocenters. The molecular formula is C15H24ClN3. The zero-order valence-electron chi connectivity index (χ0n) is 12.2. The molecule has 1 aliphatic heterocycles. The van der Waals surface area contributed by atoms with E-state index in [4.69, 9.17) is 16.6 Å². The van der Waals surface area contributed by atoms with Crippen LogP contribution >= 0.6 is 11.6 Å². The van der Waals surface area contributed by atoms with Gasteiger partial charge in [-0.2, -0.15) is 0 Å². The number of piperidine rings is 1. The molecule has 0 bridgehead atoms. The molecule has 2 rings (SSSR count). The number of rotatable bonds is 4. The van der Waals surface area contributed by atoms with Crippen molar-refractivity contribution in [1.82, 2.24) is 9.97 Å². The van der Waals surface area contributed by atoms with Crippen LogP contribution in [-0.4, -0.2) is 23.1 Å². The number of nitrogens with zero attached hydrogens (tertiary/aromatic N) is 3. The Labute approximate surface area is 121 Å². The van der Waals surface area contributed by atoms with Crippen LogP contribution in [0.4, 0.5) is 5.82 Å². The number of hydrogen-bond acceptors (Lipinski definition) is 3. The summed E-state index contributed by atoms with van der Waals surface area (Å²) in [5, 5.41) is 0.618. The molecule has 1 saturated heterocycles. The highest BCUT2D eigenvalue weighted by atomic mass is 35.5. The van der Waals surface area contributed by atoms with Crippen molar-refractivity contribution < 1.29 is 0 Å². The van der Waals surface area contributed by atoms with Crippen molar-refractivity contribution in [3.05, 3.63) is 16.5 Å². The molecular weight excluding hydrogens is 258 g/mol. The standard InChI is InChI=1S/C15H24ClN3/c1-4-7-13-17-14(16)11(3)15(18-13)19-9-6-8-12(5-2)10-19/h12H,4-10H2,1-3H3. The van der Waals surface area contributed by atoms with E-state index in [2.05, 4.69) is 23.7 Å².